The van der Waals surface area contributed by atoms with Crippen molar-refractivity contribution in [1.29, 1.82) is 0 Å². The van der Waals surface area contributed by atoms with Crippen LogP contribution in [-0.4, -0.2) is 32.9 Å². The van der Waals surface area contributed by atoms with Gasteiger partial charge in [0.25, 0.3) is 21.8 Å². The van der Waals surface area contributed by atoms with Crippen molar-refractivity contribution in [1.82, 2.24) is 5.32 Å². The fourth-order valence-corrected chi connectivity index (χ4v) is 3.98. The van der Waals surface area contributed by atoms with Crippen molar-refractivity contribution in [2.24, 2.45) is 0 Å². The van der Waals surface area contributed by atoms with Crippen molar-refractivity contribution in [3.63, 3.8) is 0 Å². The first-order chi connectivity index (χ1) is 16.0. The Balaban J connectivity index is 1.84. The largest absolute Gasteiger partial charge is 0.343 e. The van der Waals surface area contributed by atoms with Crippen LogP contribution in [0.1, 0.15) is 22.0 Å². The normalized spacial score (nSPS) is 12.5. The zero-order valence-corrected chi connectivity index (χ0v) is 19.3. The maximum Gasteiger partial charge on any atom is 0.288 e. The van der Waals surface area contributed by atoms with Gasteiger partial charge < -0.3 is 5.32 Å². The molecule has 1 N–H and O–H groups in total. The molecule has 3 rings (SSSR count). The van der Waals surface area contributed by atoms with Gasteiger partial charge >= 0.3 is 0 Å². The monoisotopic (exact) mass is 513 g/mol. The second-order valence-corrected chi connectivity index (χ2v) is 9.84. The van der Waals surface area contributed by atoms with Crippen molar-refractivity contribution in [2.75, 3.05) is 12.9 Å². The highest BCUT2D eigenvalue weighted by Crippen LogP contribution is 2.29. The molecule has 0 saturated carbocycles. The van der Waals surface area contributed by atoms with E-state index >= 15 is 0 Å². The molecule has 34 heavy (non-hydrogen) atoms. The van der Waals surface area contributed by atoms with E-state index in [0.717, 1.165) is 35.6 Å². The summed E-state index contributed by atoms with van der Waals surface area (Å²) < 4.78 is 80.7. The Morgan fingerprint density at radius 2 is 1.47 bits per heavy atom. The molecule has 1 amide bonds. The highest BCUT2D eigenvalue weighted by molar-refractivity contribution is 7.99. The predicted octanol–water partition coefficient (Wildman–Crippen LogP) is 5.39. The maximum atomic E-state index is 14.0. The van der Waals surface area contributed by atoms with Crippen LogP contribution in [0.15, 0.2) is 71.6 Å². The van der Waals surface area contributed by atoms with E-state index in [9.17, 15) is 30.8 Å². The maximum absolute atomic E-state index is 14.0. The van der Waals surface area contributed by atoms with E-state index in [0.29, 0.717) is 22.2 Å². The van der Waals surface area contributed by atoms with Crippen LogP contribution in [0.25, 0.3) is 11.1 Å². The van der Waals surface area contributed by atoms with Crippen molar-refractivity contribution in [2.45, 2.75) is 16.7 Å². The van der Waals surface area contributed by atoms with Gasteiger partial charge in [0, 0.05) is 4.90 Å². The molecule has 0 radical (unpaired) electrons. The first-order valence-corrected chi connectivity index (χ1v) is 12.5. The summed E-state index contributed by atoms with van der Waals surface area (Å²) in [5.74, 6) is -5.73. The number of alkyl halides is 2. The van der Waals surface area contributed by atoms with E-state index in [1.807, 2.05) is 0 Å². The molecular weight excluding hydrogens is 494 g/mol. The predicted molar refractivity (Wildman–Crippen MR) is 121 cm³/mol. The van der Waals surface area contributed by atoms with Gasteiger partial charge in [-0.25, -0.2) is 8.78 Å². The Morgan fingerprint density at radius 1 is 0.941 bits per heavy atom. The molecule has 0 bridgehead atoms. The van der Waals surface area contributed by atoms with Crippen LogP contribution in [0.3, 0.4) is 0 Å². The number of carbonyl (C=O) groups excluding carboxylic acids is 1. The summed E-state index contributed by atoms with van der Waals surface area (Å²) in [5.41, 5.74) is 1.09. The first kappa shape index (κ1) is 25.7. The molecule has 0 aromatic heterocycles. The number of amides is 1. The summed E-state index contributed by atoms with van der Waals surface area (Å²) in [5, 5.41) is 2.41. The van der Waals surface area contributed by atoms with Crippen LogP contribution in [0, 0.1) is 11.6 Å². The van der Waals surface area contributed by atoms with Gasteiger partial charge in [0.15, 0.2) is 0 Å². The van der Waals surface area contributed by atoms with E-state index in [4.69, 9.17) is 4.18 Å². The summed E-state index contributed by atoms with van der Waals surface area (Å²) in [6.07, 6.45) is 0.835. The fraction of sp³-hybridized carbons (Fsp3) is 0.174. The Kier molecular flexibility index (Phi) is 8.34. The minimum Gasteiger partial charge on any atom is -0.343 e. The van der Waals surface area contributed by atoms with Gasteiger partial charge in [-0.1, -0.05) is 54.2 Å². The van der Waals surface area contributed by atoms with Gasteiger partial charge in [-0.2, -0.15) is 17.2 Å². The Bertz CT molecular complexity index is 1230. The van der Waals surface area contributed by atoms with E-state index in [1.54, 1.807) is 48.5 Å². The number of halogens is 4. The number of nitrogens with one attached hydrogen (secondary N) is 1. The molecule has 1 unspecified atom stereocenters. The molecule has 0 saturated heterocycles. The van der Waals surface area contributed by atoms with Crippen molar-refractivity contribution in [3.8, 4) is 11.1 Å². The lowest BCUT2D eigenvalue weighted by Crippen LogP contribution is -2.33. The lowest BCUT2D eigenvalue weighted by atomic mass is 10.0. The van der Waals surface area contributed by atoms with Gasteiger partial charge in [0.05, 0.1) is 18.9 Å². The van der Waals surface area contributed by atoms with Crippen LogP contribution in [0.4, 0.5) is 17.6 Å². The average molecular weight is 514 g/mol. The summed E-state index contributed by atoms with van der Waals surface area (Å²) in [6.45, 7) is -0.500. The summed E-state index contributed by atoms with van der Waals surface area (Å²) in [7, 11) is -3.86. The molecule has 3 aromatic rings. The van der Waals surface area contributed by atoms with Crippen molar-refractivity contribution < 1.29 is 35.0 Å². The highest BCUT2D eigenvalue weighted by Gasteiger charge is 2.23. The lowest BCUT2D eigenvalue weighted by Gasteiger charge is -2.19. The Hall–Kier alpha value is -2.89. The van der Waals surface area contributed by atoms with Crippen LogP contribution in [-0.2, 0) is 14.3 Å². The molecule has 0 aliphatic heterocycles. The summed E-state index contributed by atoms with van der Waals surface area (Å²) in [4.78, 5) is 13.0. The van der Waals surface area contributed by atoms with Gasteiger partial charge in [-0.15, -0.1) is 0 Å². The minimum atomic E-state index is -3.86. The van der Waals surface area contributed by atoms with E-state index in [1.165, 1.54) is 0 Å². The third-order valence-electron chi connectivity index (χ3n) is 4.67. The number of rotatable bonds is 9. The smallest absolute Gasteiger partial charge is 0.288 e. The molecule has 0 fully saturated rings. The average Bonchev–Trinajstić information content (AvgIpc) is 2.76. The molecule has 5 nitrogen and oxygen atoms in total. The van der Waals surface area contributed by atoms with Crippen molar-refractivity contribution >= 4 is 27.8 Å². The van der Waals surface area contributed by atoms with Gasteiger partial charge in [-0.05, 0) is 41.0 Å². The van der Waals surface area contributed by atoms with Crippen LogP contribution < -0.4 is 5.32 Å². The summed E-state index contributed by atoms with van der Waals surface area (Å²) in [6, 6.07) is 14.9. The van der Waals surface area contributed by atoms with Crippen LogP contribution >= 0.6 is 11.8 Å². The zero-order valence-electron chi connectivity index (χ0n) is 17.7. The SMILES string of the molecule is CS(=O)(=O)OCC(NC(=O)c1c(F)cccc1F)c1ccc(-c2ccc(SC(F)F)cc2)cc1. The third-order valence-corrected chi connectivity index (χ3v) is 5.96. The van der Waals surface area contributed by atoms with E-state index in [2.05, 4.69) is 5.32 Å². The molecule has 1 atom stereocenters. The molecule has 180 valence electrons. The number of hydrogen-bond donors (Lipinski definition) is 1. The second kappa shape index (κ2) is 11.0. The first-order valence-electron chi connectivity index (χ1n) is 9.78. The molecule has 3 aromatic carbocycles. The Labute approximate surface area is 198 Å². The molecule has 11 heteroatoms. The number of benzene rings is 3. The fourth-order valence-electron chi connectivity index (χ4n) is 3.09. The van der Waals surface area contributed by atoms with Gasteiger partial charge in [0.2, 0.25) is 0 Å². The number of hydrogen-bond acceptors (Lipinski definition) is 5. The topological polar surface area (TPSA) is 72.5 Å². The quantitative estimate of drug-likeness (QED) is 0.236. The highest BCUT2D eigenvalue weighted by atomic mass is 32.2. The van der Waals surface area contributed by atoms with Gasteiger partial charge in [0.1, 0.15) is 17.2 Å². The number of carbonyl (C=O) groups is 1. The van der Waals surface area contributed by atoms with Crippen LogP contribution in [0.2, 0.25) is 0 Å². The van der Waals surface area contributed by atoms with Crippen LogP contribution in [0.5, 0.6) is 0 Å². The van der Waals surface area contributed by atoms with Gasteiger partial charge in [-0.3, -0.25) is 8.98 Å². The molecule has 0 aliphatic carbocycles. The standard InChI is InChI=1S/C23H19F4NO4S2/c1-34(30,31)32-13-20(28-22(29)21-18(24)3-2-4-19(21)25)16-7-5-14(6-8-16)15-9-11-17(12-10-15)33-23(26)27/h2-12,20,23H,13H2,1H3,(H,28,29). The summed E-state index contributed by atoms with van der Waals surface area (Å²) >= 11 is 0.432. The third kappa shape index (κ3) is 7.05. The van der Waals surface area contributed by atoms with E-state index in [-0.39, 0.29) is 0 Å². The van der Waals surface area contributed by atoms with Crippen molar-refractivity contribution in [3.05, 3.63) is 89.5 Å². The minimum absolute atomic E-state index is 0.413. The number of thioether (sulfide) groups is 1. The Morgan fingerprint density at radius 3 is 1.97 bits per heavy atom. The zero-order chi connectivity index (χ0) is 24.9. The molecule has 0 heterocycles. The molecule has 0 aliphatic rings. The van der Waals surface area contributed by atoms with E-state index < -0.39 is 51.6 Å². The molecule has 0 spiro atoms. The molecular formula is C23H19F4NO4S2. The second-order valence-electron chi connectivity index (χ2n) is 7.14. The lowest BCUT2D eigenvalue weighted by molar-refractivity contribution is 0.0913.